The molecule has 2 atom stereocenters. The average molecular weight is 265 g/mol. The third-order valence-electron chi connectivity index (χ3n) is 4.09. The maximum atomic E-state index is 5.76. The van der Waals surface area contributed by atoms with E-state index in [4.69, 9.17) is 4.42 Å². The fourth-order valence-electron chi connectivity index (χ4n) is 2.77. The molecule has 108 valence electrons. The van der Waals surface area contributed by atoms with Crippen LogP contribution in [0.3, 0.4) is 0 Å². The van der Waals surface area contributed by atoms with Crippen LogP contribution in [0.5, 0.6) is 0 Å². The highest BCUT2D eigenvalue weighted by atomic mass is 16.4. The Kier molecular flexibility index (Phi) is 4.99. The smallest absolute Gasteiger partial charge is 0.208 e. The van der Waals surface area contributed by atoms with Crippen LogP contribution in [0.2, 0.25) is 0 Å². The van der Waals surface area contributed by atoms with Gasteiger partial charge in [0.25, 0.3) is 0 Å². The van der Waals surface area contributed by atoms with E-state index in [1.165, 1.54) is 6.42 Å². The molecule has 1 aliphatic heterocycles. The van der Waals surface area contributed by atoms with Crippen LogP contribution in [0.25, 0.3) is 0 Å². The summed E-state index contributed by atoms with van der Waals surface area (Å²) < 4.78 is 5.76. The summed E-state index contributed by atoms with van der Waals surface area (Å²) in [5.41, 5.74) is 0. The van der Waals surface area contributed by atoms with Crippen LogP contribution < -0.4 is 5.32 Å². The Balaban J connectivity index is 2.04. The number of hydrogen-bond donors (Lipinski definition) is 1. The van der Waals surface area contributed by atoms with Gasteiger partial charge in [0.2, 0.25) is 5.89 Å². The van der Waals surface area contributed by atoms with Crippen molar-refractivity contribution in [2.75, 3.05) is 13.1 Å². The maximum absolute atomic E-state index is 5.76. The van der Waals surface area contributed by atoms with Gasteiger partial charge in [-0.05, 0) is 12.3 Å². The second kappa shape index (κ2) is 6.53. The molecule has 1 aliphatic rings. The Hall–Kier alpha value is -0.870. The monoisotopic (exact) mass is 265 g/mol. The van der Waals surface area contributed by atoms with Crippen LogP contribution >= 0.6 is 0 Å². The van der Waals surface area contributed by atoms with Crippen molar-refractivity contribution in [2.24, 2.45) is 5.92 Å². The molecule has 1 N–H and O–H groups in total. The van der Waals surface area contributed by atoms with Crippen molar-refractivity contribution in [3.05, 3.63) is 17.8 Å². The second-order valence-electron chi connectivity index (χ2n) is 5.83. The van der Waals surface area contributed by atoms with Gasteiger partial charge >= 0.3 is 0 Å². The van der Waals surface area contributed by atoms with Crippen molar-refractivity contribution in [3.63, 3.8) is 0 Å². The molecule has 0 amide bonds. The van der Waals surface area contributed by atoms with E-state index in [-0.39, 0.29) is 0 Å². The molecule has 1 aromatic heterocycles. The first-order valence-electron chi connectivity index (χ1n) is 7.55. The minimum atomic E-state index is 0.569. The molecule has 1 fully saturated rings. The molecular formula is C15H27N3O. The Morgan fingerprint density at radius 1 is 1.47 bits per heavy atom. The van der Waals surface area contributed by atoms with Gasteiger partial charge in [0.05, 0.1) is 12.7 Å². The number of nitrogens with zero attached hydrogens (tertiary/aromatic N) is 2. The number of rotatable bonds is 5. The summed E-state index contributed by atoms with van der Waals surface area (Å²) >= 11 is 0. The molecule has 0 spiro atoms. The van der Waals surface area contributed by atoms with Gasteiger partial charge in [-0.1, -0.05) is 27.7 Å². The minimum Gasteiger partial charge on any atom is -0.444 e. The zero-order chi connectivity index (χ0) is 13.8. The first-order valence-corrected chi connectivity index (χ1v) is 7.55. The van der Waals surface area contributed by atoms with Gasteiger partial charge in [-0.15, -0.1) is 0 Å². The predicted octanol–water partition coefficient (Wildman–Crippen LogP) is 2.45. The van der Waals surface area contributed by atoms with Crippen molar-refractivity contribution in [3.8, 4) is 0 Å². The number of aromatic nitrogens is 1. The van der Waals surface area contributed by atoms with E-state index in [9.17, 15) is 0 Å². The summed E-state index contributed by atoms with van der Waals surface area (Å²) in [4.78, 5) is 6.93. The highest BCUT2D eigenvalue weighted by molar-refractivity contribution is 4.96. The molecule has 0 bridgehead atoms. The number of piperazine rings is 1. The molecule has 2 heterocycles. The first-order chi connectivity index (χ1) is 9.13. The van der Waals surface area contributed by atoms with Crippen LogP contribution in [0.1, 0.15) is 45.8 Å². The van der Waals surface area contributed by atoms with Crippen LogP contribution in [-0.4, -0.2) is 35.1 Å². The Morgan fingerprint density at radius 3 is 2.84 bits per heavy atom. The van der Waals surface area contributed by atoms with E-state index in [0.29, 0.717) is 18.0 Å². The van der Waals surface area contributed by atoms with Crippen molar-refractivity contribution in [1.82, 2.24) is 15.2 Å². The van der Waals surface area contributed by atoms with Gasteiger partial charge in [-0.2, -0.15) is 0 Å². The Morgan fingerprint density at radius 2 is 2.26 bits per heavy atom. The SMILES string of the molecule is CCc1cnc(CN2CC(CC)NCC2C(C)C)o1. The standard InChI is InChI=1S/C15H27N3O/c1-5-12-9-18(14(8-16-12)11(3)4)10-15-17-7-13(6-2)19-15/h7,11-12,14,16H,5-6,8-10H2,1-4H3. The lowest BCUT2D eigenvalue weighted by molar-refractivity contribution is 0.0810. The van der Waals surface area contributed by atoms with E-state index < -0.39 is 0 Å². The molecule has 0 radical (unpaired) electrons. The van der Waals surface area contributed by atoms with E-state index in [1.54, 1.807) is 0 Å². The number of nitrogens with one attached hydrogen (secondary N) is 1. The predicted molar refractivity (Wildman–Crippen MR) is 77.0 cm³/mol. The van der Waals surface area contributed by atoms with Crippen molar-refractivity contribution in [1.29, 1.82) is 0 Å². The Labute approximate surface area is 116 Å². The van der Waals surface area contributed by atoms with Crippen molar-refractivity contribution >= 4 is 0 Å². The van der Waals surface area contributed by atoms with Crippen LogP contribution in [0.4, 0.5) is 0 Å². The van der Waals surface area contributed by atoms with E-state index in [2.05, 4.69) is 42.9 Å². The lowest BCUT2D eigenvalue weighted by Crippen LogP contribution is -2.57. The zero-order valence-corrected chi connectivity index (χ0v) is 12.6. The summed E-state index contributed by atoms with van der Waals surface area (Å²) in [7, 11) is 0. The molecule has 0 saturated carbocycles. The lowest BCUT2D eigenvalue weighted by atomic mass is 9.98. The lowest BCUT2D eigenvalue weighted by Gasteiger charge is -2.41. The number of oxazole rings is 1. The maximum Gasteiger partial charge on any atom is 0.208 e. The van der Waals surface area contributed by atoms with E-state index in [1.807, 2.05) is 6.20 Å². The first kappa shape index (κ1) is 14.5. The molecule has 4 nitrogen and oxygen atoms in total. The fourth-order valence-corrected chi connectivity index (χ4v) is 2.77. The summed E-state index contributed by atoms with van der Waals surface area (Å²) in [6, 6.07) is 1.16. The van der Waals surface area contributed by atoms with Crippen molar-refractivity contribution in [2.45, 2.75) is 59.2 Å². The molecule has 2 rings (SSSR count). The fraction of sp³-hybridized carbons (Fsp3) is 0.800. The van der Waals surface area contributed by atoms with Gasteiger partial charge in [0.1, 0.15) is 5.76 Å². The average Bonchev–Trinajstić information content (AvgIpc) is 2.86. The van der Waals surface area contributed by atoms with Gasteiger partial charge in [-0.25, -0.2) is 4.98 Å². The minimum absolute atomic E-state index is 0.569. The van der Waals surface area contributed by atoms with Crippen LogP contribution in [0, 0.1) is 5.92 Å². The summed E-state index contributed by atoms with van der Waals surface area (Å²) in [6.45, 7) is 11.9. The van der Waals surface area contributed by atoms with Gasteiger partial charge in [-0.3, -0.25) is 4.90 Å². The summed E-state index contributed by atoms with van der Waals surface area (Å²) in [6.07, 6.45) is 3.95. The normalized spacial score (nSPS) is 25.1. The van der Waals surface area contributed by atoms with Crippen LogP contribution in [0.15, 0.2) is 10.6 Å². The summed E-state index contributed by atoms with van der Waals surface area (Å²) in [5, 5.41) is 3.64. The number of hydrogen-bond acceptors (Lipinski definition) is 4. The molecule has 0 aliphatic carbocycles. The molecule has 19 heavy (non-hydrogen) atoms. The zero-order valence-electron chi connectivity index (χ0n) is 12.6. The van der Waals surface area contributed by atoms with Crippen LogP contribution in [-0.2, 0) is 13.0 Å². The third-order valence-corrected chi connectivity index (χ3v) is 4.09. The molecule has 1 saturated heterocycles. The highest BCUT2D eigenvalue weighted by Gasteiger charge is 2.29. The molecule has 0 aromatic carbocycles. The third kappa shape index (κ3) is 3.57. The van der Waals surface area contributed by atoms with Gasteiger partial charge in [0, 0.05) is 31.6 Å². The molecule has 2 unspecified atom stereocenters. The highest BCUT2D eigenvalue weighted by Crippen LogP contribution is 2.19. The van der Waals surface area contributed by atoms with Crippen molar-refractivity contribution < 1.29 is 4.42 Å². The molecular weight excluding hydrogens is 238 g/mol. The topological polar surface area (TPSA) is 41.3 Å². The van der Waals surface area contributed by atoms with Gasteiger partial charge in [0.15, 0.2) is 0 Å². The van der Waals surface area contributed by atoms with E-state index in [0.717, 1.165) is 37.7 Å². The molecule has 1 aromatic rings. The Bertz CT molecular complexity index is 388. The largest absolute Gasteiger partial charge is 0.444 e. The quantitative estimate of drug-likeness (QED) is 0.888. The second-order valence-corrected chi connectivity index (χ2v) is 5.83. The van der Waals surface area contributed by atoms with E-state index >= 15 is 0 Å². The molecule has 4 heteroatoms. The summed E-state index contributed by atoms with van der Waals surface area (Å²) in [5.74, 6) is 2.49. The van der Waals surface area contributed by atoms with Gasteiger partial charge < -0.3 is 9.73 Å². The number of aryl methyl sites for hydroxylation is 1.